The van der Waals surface area contributed by atoms with Crippen molar-refractivity contribution in [1.82, 2.24) is 4.72 Å². The molecule has 0 bridgehead atoms. The second-order valence-electron chi connectivity index (χ2n) is 6.88. The van der Waals surface area contributed by atoms with E-state index in [1.807, 2.05) is 38.1 Å². The molecule has 3 rings (SSSR count). The Bertz CT molecular complexity index is 936. The van der Waals surface area contributed by atoms with E-state index in [9.17, 15) is 13.2 Å². The summed E-state index contributed by atoms with van der Waals surface area (Å²) < 4.78 is 28.4. The van der Waals surface area contributed by atoms with Crippen LogP contribution in [0.5, 0.6) is 0 Å². The van der Waals surface area contributed by atoms with E-state index in [1.54, 1.807) is 23.1 Å². The first-order valence-corrected chi connectivity index (χ1v) is 10.9. The van der Waals surface area contributed by atoms with Crippen LogP contribution in [0.25, 0.3) is 0 Å². The summed E-state index contributed by atoms with van der Waals surface area (Å²) in [6, 6.07) is 12.6. The Morgan fingerprint density at radius 2 is 1.85 bits per heavy atom. The largest absolute Gasteiger partial charge is 0.312 e. The van der Waals surface area contributed by atoms with Crippen LogP contribution >= 0.6 is 0 Å². The Morgan fingerprint density at radius 3 is 2.48 bits per heavy atom. The SMILES string of the molecule is CCC(=O)N1CCc2cc(S(=O)(=O)N[C@@H](C)c3ccc(CC)cc3)ccc21. The topological polar surface area (TPSA) is 66.5 Å². The summed E-state index contributed by atoms with van der Waals surface area (Å²) in [6.45, 7) is 6.37. The van der Waals surface area contributed by atoms with E-state index in [4.69, 9.17) is 0 Å². The minimum Gasteiger partial charge on any atom is -0.312 e. The first-order valence-electron chi connectivity index (χ1n) is 9.40. The first kappa shape index (κ1) is 19.6. The second kappa shape index (κ2) is 7.82. The van der Waals surface area contributed by atoms with Gasteiger partial charge in [-0.2, -0.15) is 0 Å². The van der Waals surface area contributed by atoms with Gasteiger partial charge in [-0.15, -0.1) is 0 Å². The molecule has 27 heavy (non-hydrogen) atoms. The van der Waals surface area contributed by atoms with Gasteiger partial charge in [0.1, 0.15) is 0 Å². The molecule has 0 radical (unpaired) electrons. The lowest BCUT2D eigenvalue weighted by Gasteiger charge is -2.18. The van der Waals surface area contributed by atoms with Gasteiger partial charge < -0.3 is 4.90 Å². The fourth-order valence-electron chi connectivity index (χ4n) is 3.41. The zero-order valence-electron chi connectivity index (χ0n) is 16.0. The quantitative estimate of drug-likeness (QED) is 0.825. The number of carbonyl (C=O) groups excluding carboxylic acids is 1. The molecule has 0 unspecified atom stereocenters. The predicted octanol–water partition coefficient (Wildman–Crippen LogP) is 3.59. The molecule has 1 N–H and O–H groups in total. The third-order valence-electron chi connectivity index (χ3n) is 5.08. The molecule has 0 aliphatic carbocycles. The van der Waals surface area contributed by atoms with Crippen LogP contribution in [0.4, 0.5) is 5.69 Å². The number of hydrogen-bond donors (Lipinski definition) is 1. The number of fused-ring (bicyclic) bond motifs is 1. The van der Waals surface area contributed by atoms with Crippen LogP contribution in [0.2, 0.25) is 0 Å². The molecule has 1 aliphatic rings. The van der Waals surface area contributed by atoms with Gasteiger partial charge in [0.05, 0.1) is 4.90 Å². The molecule has 0 aromatic heterocycles. The number of anilines is 1. The van der Waals surface area contributed by atoms with E-state index < -0.39 is 10.0 Å². The van der Waals surface area contributed by atoms with Crippen LogP contribution in [0, 0.1) is 0 Å². The zero-order valence-corrected chi connectivity index (χ0v) is 16.8. The molecule has 2 aromatic carbocycles. The van der Waals surface area contributed by atoms with Gasteiger partial charge >= 0.3 is 0 Å². The fraction of sp³-hybridized carbons (Fsp3) is 0.381. The Morgan fingerprint density at radius 1 is 1.15 bits per heavy atom. The number of nitrogens with one attached hydrogen (secondary N) is 1. The van der Waals surface area contributed by atoms with Crippen molar-refractivity contribution in [3.8, 4) is 0 Å². The molecule has 0 saturated heterocycles. The Labute approximate surface area is 161 Å². The smallest absolute Gasteiger partial charge is 0.241 e. The molecule has 0 fully saturated rings. The highest BCUT2D eigenvalue weighted by atomic mass is 32.2. The molecule has 0 saturated carbocycles. The summed E-state index contributed by atoms with van der Waals surface area (Å²) in [6.07, 6.45) is 2.07. The standard InChI is InChI=1S/C21H26N2O3S/c1-4-16-6-8-17(9-7-16)15(3)22-27(25,26)19-10-11-20-18(14-19)12-13-23(20)21(24)5-2/h6-11,14-15,22H,4-5,12-13H2,1-3H3/t15-/m0/s1. The van der Waals surface area contributed by atoms with Gasteiger partial charge in [-0.25, -0.2) is 13.1 Å². The van der Waals surface area contributed by atoms with E-state index in [2.05, 4.69) is 11.6 Å². The molecule has 1 heterocycles. The Kier molecular flexibility index (Phi) is 5.67. The molecule has 0 spiro atoms. The number of carbonyl (C=O) groups is 1. The van der Waals surface area contributed by atoms with Gasteiger partial charge in [-0.05, 0) is 54.7 Å². The lowest BCUT2D eigenvalue weighted by molar-refractivity contribution is -0.118. The molecule has 6 heteroatoms. The van der Waals surface area contributed by atoms with Crippen LogP contribution in [-0.2, 0) is 27.7 Å². The molecule has 144 valence electrons. The highest BCUT2D eigenvalue weighted by molar-refractivity contribution is 7.89. The highest BCUT2D eigenvalue weighted by Crippen LogP contribution is 2.31. The van der Waals surface area contributed by atoms with Gasteiger partial charge in [-0.1, -0.05) is 38.1 Å². The van der Waals surface area contributed by atoms with Crippen LogP contribution in [-0.4, -0.2) is 20.9 Å². The predicted molar refractivity (Wildman–Crippen MR) is 107 cm³/mol. The number of benzene rings is 2. The summed E-state index contributed by atoms with van der Waals surface area (Å²) in [4.78, 5) is 14.0. The van der Waals surface area contributed by atoms with Crippen LogP contribution in [0.3, 0.4) is 0 Å². The first-order chi connectivity index (χ1) is 12.9. The minimum absolute atomic E-state index is 0.0617. The molecule has 5 nitrogen and oxygen atoms in total. The van der Waals surface area contributed by atoms with E-state index in [-0.39, 0.29) is 16.8 Å². The summed E-state index contributed by atoms with van der Waals surface area (Å²) >= 11 is 0. The van der Waals surface area contributed by atoms with E-state index in [0.717, 1.165) is 23.2 Å². The number of nitrogens with zero attached hydrogens (tertiary/aromatic N) is 1. The van der Waals surface area contributed by atoms with Gasteiger partial charge in [-0.3, -0.25) is 4.79 Å². The van der Waals surface area contributed by atoms with Crippen molar-refractivity contribution >= 4 is 21.6 Å². The van der Waals surface area contributed by atoms with Crippen molar-refractivity contribution < 1.29 is 13.2 Å². The van der Waals surface area contributed by atoms with Crippen molar-refractivity contribution in [2.24, 2.45) is 0 Å². The summed E-state index contributed by atoms with van der Waals surface area (Å²) in [5, 5.41) is 0. The summed E-state index contributed by atoms with van der Waals surface area (Å²) in [5.74, 6) is 0.0617. The number of amides is 1. The lowest BCUT2D eigenvalue weighted by atomic mass is 10.1. The maximum absolute atomic E-state index is 12.8. The molecule has 2 aromatic rings. The number of rotatable bonds is 6. The van der Waals surface area contributed by atoms with Crippen molar-refractivity contribution in [3.63, 3.8) is 0 Å². The van der Waals surface area contributed by atoms with Crippen molar-refractivity contribution in [2.75, 3.05) is 11.4 Å². The number of aryl methyl sites for hydroxylation is 1. The van der Waals surface area contributed by atoms with E-state index >= 15 is 0 Å². The Hall–Kier alpha value is -2.18. The highest BCUT2D eigenvalue weighted by Gasteiger charge is 2.26. The average Bonchev–Trinajstić information content (AvgIpc) is 3.10. The third-order valence-corrected chi connectivity index (χ3v) is 6.62. The zero-order chi connectivity index (χ0) is 19.6. The molecule has 1 atom stereocenters. The Balaban J connectivity index is 1.80. The minimum atomic E-state index is -3.64. The molecular weight excluding hydrogens is 360 g/mol. The van der Waals surface area contributed by atoms with Gasteiger partial charge in [0.15, 0.2) is 0 Å². The van der Waals surface area contributed by atoms with Gasteiger partial charge in [0, 0.05) is 24.7 Å². The molecule has 1 amide bonds. The van der Waals surface area contributed by atoms with Crippen LogP contribution in [0.15, 0.2) is 47.4 Å². The third kappa shape index (κ3) is 4.06. The van der Waals surface area contributed by atoms with Crippen LogP contribution in [0.1, 0.15) is 49.9 Å². The maximum Gasteiger partial charge on any atom is 0.241 e. The van der Waals surface area contributed by atoms with E-state index in [0.29, 0.717) is 19.4 Å². The summed E-state index contributed by atoms with van der Waals surface area (Å²) in [7, 11) is -3.64. The van der Waals surface area contributed by atoms with Crippen LogP contribution < -0.4 is 9.62 Å². The van der Waals surface area contributed by atoms with Crippen molar-refractivity contribution in [3.05, 3.63) is 59.2 Å². The van der Waals surface area contributed by atoms with E-state index in [1.165, 1.54) is 5.56 Å². The van der Waals surface area contributed by atoms with Crippen molar-refractivity contribution in [1.29, 1.82) is 0 Å². The van der Waals surface area contributed by atoms with Gasteiger partial charge in [0.2, 0.25) is 15.9 Å². The summed E-state index contributed by atoms with van der Waals surface area (Å²) in [5.41, 5.74) is 3.87. The maximum atomic E-state index is 12.8. The van der Waals surface area contributed by atoms with Crippen molar-refractivity contribution in [2.45, 2.75) is 51.0 Å². The average molecular weight is 387 g/mol. The fourth-order valence-corrected chi connectivity index (χ4v) is 4.69. The molecular formula is C21H26N2O3S. The normalized spacial score (nSPS) is 14.9. The lowest BCUT2D eigenvalue weighted by Crippen LogP contribution is -2.28. The second-order valence-corrected chi connectivity index (χ2v) is 8.59. The number of sulfonamides is 1. The van der Waals surface area contributed by atoms with Gasteiger partial charge in [0.25, 0.3) is 0 Å². The molecule has 1 aliphatic heterocycles. The number of hydrogen-bond acceptors (Lipinski definition) is 3. The monoisotopic (exact) mass is 386 g/mol.